The first-order valence-electron chi connectivity index (χ1n) is 7.04. The lowest BCUT2D eigenvalue weighted by Gasteiger charge is -2.12. The highest BCUT2D eigenvalue weighted by atomic mass is 32.2. The summed E-state index contributed by atoms with van der Waals surface area (Å²) in [5.74, 6) is 0.505. The van der Waals surface area contributed by atoms with Crippen LogP contribution in [0.4, 0.5) is 11.4 Å². The van der Waals surface area contributed by atoms with Gasteiger partial charge in [-0.15, -0.1) is 0 Å². The molecule has 3 rings (SSSR count). The van der Waals surface area contributed by atoms with E-state index in [2.05, 4.69) is 10.0 Å². The van der Waals surface area contributed by atoms with Crippen molar-refractivity contribution in [1.82, 2.24) is 0 Å². The van der Waals surface area contributed by atoms with Crippen molar-refractivity contribution in [2.75, 3.05) is 16.3 Å². The van der Waals surface area contributed by atoms with Crippen LogP contribution in [0.3, 0.4) is 0 Å². The second-order valence-electron chi connectivity index (χ2n) is 5.36. The van der Waals surface area contributed by atoms with E-state index in [4.69, 9.17) is 4.74 Å². The van der Waals surface area contributed by atoms with Gasteiger partial charge in [0, 0.05) is 17.8 Å². The molecule has 0 aliphatic carbocycles. The van der Waals surface area contributed by atoms with E-state index < -0.39 is 16.1 Å². The van der Waals surface area contributed by atoms with E-state index in [1.165, 1.54) is 0 Å². The van der Waals surface area contributed by atoms with Crippen LogP contribution in [0.1, 0.15) is 5.56 Å². The molecular weight excluding hydrogens is 316 g/mol. The molecule has 1 aliphatic heterocycles. The van der Waals surface area contributed by atoms with Crippen molar-refractivity contribution >= 4 is 27.3 Å². The van der Waals surface area contributed by atoms with Gasteiger partial charge in [-0.3, -0.25) is 9.52 Å². The summed E-state index contributed by atoms with van der Waals surface area (Å²) in [5, 5.41) is 2.77. The monoisotopic (exact) mass is 332 g/mol. The summed E-state index contributed by atoms with van der Waals surface area (Å²) in [7, 11) is -3.31. The Kier molecular flexibility index (Phi) is 3.96. The number of hydrogen-bond donors (Lipinski definition) is 2. The average molecular weight is 332 g/mol. The van der Waals surface area contributed by atoms with E-state index in [-0.39, 0.29) is 5.91 Å². The molecule has 2 aromatic rings. The normalized spacial score (nSPS) is 16.3. The van der Waals surface area contributed by atoms with E-state index in [9.17, 15) is 13.2 Å². The lowest BCUT2D eigenvalue weighted by atomic mass is 10.1. The minimum absolute atomic E-state index is 0.231. The summed E-state index contributed by atoms with van der Waals surface area (Å²) in [6.07, 6.45) is 1.06. The third-order valence-corrected chi connectivity index (χ3v) is 4.00. The zero-order valence-corrected chi connectivity index (χ0v) is 13.3. The Morgan fingerprint density at radius 3 is 2.39 bits per heavy atom. The van der Waals surface area contributed by atoms with Gasteiger partial charge < -0.3 is 10.1 Å². The van der Waals surface area contributed by atoms with E-state index in [0.29, 0.717) is 17.8 Å². The molecule has 0 radical (unpaired) electrons. The van der Waals surface area contributed by atoms with E-state index >= 15 is 0 Å². The van der Waals surface area contributed by atoms with Crippen molar-refractivity contribution in [3.8, 4) is 5.75 Å². The van der Waals surface area contributed by atoms with E-state index in [0.717, 1.165) is 17.6 Å². The van der Waals surface area contributed by atoms with E-state index in [1.54, 1.807) is 24.3 Å². The van der Waals surface area contributed by atoms with Gasteiger partial charge in [-0.2, -0.15) is 0 Å². The molecule has 1 amide bonds. The van der Waals surface area contributed by atoms with Crippen LogP contribution in [0.2, 0.25) is 0 Å². The highest BCUT2D eigenvalue weighted by Gasteiger charge is 2.28. The van der Waals surface area contributed by atoms with Crippen LogP contribution in [0.15, 0.2) is 48.5 Å². The van der Waals surface area contributed by atoms with Gasteiger partial charge in [0.2, 0.25) is 10.0 Å². The standard InChI is InChI=1S/C16H16N2O4S/c1-23(20,21)18-13-8-6-12(7-9-13)17-16(19)15-10-11-4-2-3-5-14(11)22-15/h2-9,15,18H,10H2,1H3,(H,17,19)/t15-/m0/s1. The van der Waals surface area contributed by atoms with Crippen LogP contribution in [0.25, 0.3) is 0 Å². The molecule has 1 aliphatic rings. The number of benzene rings is 2. The topological polar surface area (TPSA) is 84.5 Å². The number of fused-ring (bicyclic) bond motifs is 1. The Morgan fingerprint density at radius 1 is 1.09 bits per heavy atom. The van der Waals surface area contributed by atoms with Crippen LogP contribution in [-0.4, -0.2) is 26.7 Å². The van der Waals surface area contributed by atoms with Gasteiger partial charge in [-0.25, -0.2) is 8.42 Å². The molecule has 2 N–H and O–H groups in total. The molecule has 0 spiro atoms. The fraction of sp³-hybridized carbons (Fsp3) is 0.188. The maximum atomic E-state index is 12.2. The van der Waals surface area contributed by atoms with Gasteiger partial charge >= 0.3 is 0 Å². The molecule has 6 nitrogen and oxygen atoms in total. The number of anilines is 2. The second-order valence-corrected chi connectivity index (χ2v) is 7.11. The summed E-state index contributed by atoms with van der Waals surface area (Å²) in [6, 6.07) is 14.0. The fourth-order valence-electron chi connectivity index (χ4n) is 2.39. The SMILES string of the molecule is CS(=O)(=O)Nc1ccc(NC(=O)[C@@H]2Cc3ccccc3O2)cc1. The third-order valence-electron chi connectivity index (χ3n) is 3.40. The van der Waals surface area contributed by atoms with Gasteiger partial charge in [0.15, 0.2) is 6.10 Å². The predicted octanol–water partition coefficient (Wildman–Crippen LogP) is 2.00. The zero-order valence-electron chi connectivity index (χ0n) is 12.4. The van der Waals surface area contributed by atoms with E-state index in [1.807, 2.05) is 24.3 Å². The maximum Gasteiger partial charge on any atom is 0.265 e. The Hall–Kier alpha value is -2.54. The summed E-state index contributed by atoms with van der Waals surface area (Å²) in [6.45, 7) is 0. The molecule has 0 aromatic heterocycles. The van der Waals surface area contributed by atoms with Crippen molar-refractivity contribution in [1.29, 1.82) is 0 Å². The number of ether oxygens (including phenoxy) is 1. The van der Waals surface area contributed by atoms with Crippen LogP contribution in [-0.2, 0) is 21.2 Å². The Bertz CT molecular complexity index is 806. The Labute approximate surface area is 134 Å². The van der Waals surface area contributed by atoms with Gasteiger partial charge in [0.1, 0.15) is 5.75 Å². The summed E-state index contributed by atoms with van der Waals surface area (Å²) < 4.78 is 30.3. The molecule has 1 heterocycles. The molecule has 0 saturated heterocycles. The number of sulfonamides is 1. The molecular formula is C16H16N2O4S. The van der Waals surface area contributed by atoms with Crippen LogP contribution >= 0.6 is 0 Å². The summed E-state index contributed by atoms with van der Waals surface area (Å²) in [4.78, 5) is 12.2. The number of carbonyl (C=O) groups is 1. The number of para-hydroxylation sites is 1. The number of amides is 1. The van der Waals surface area contributed by atoms with Crippen molar-refractivity contribution in [2.24, 2.45) is 0 Å². The Balaban J connectivity index is 1.63. The number of rotatable bonds is 4. The molecule has 1 atom stereocenters. The molecule has 2 aromatic carbocycles. The minimum Gasteiger partial charge on any atom is -0.480 e. The van der Waals surface area contributed by atoms with Crippen molar-refractivity contribution in [2.45, 2.75) is 12.5 Å². The highest BCUT2D eigenvalue weighted by Crippen LogP contribution is 2.28. The average Bonchev–Trinajstić information content (AvgIpc) is 2.92. The minimum atomic E-state index is -3.31. The van der Waals surface area contributed by atoms with Crippen molar-refractivity contribution in [3.63, 3.8) is 0 Å². The first-order chi connectivity index (χ1) is 10.9. The molecule has 0 bridgehead atoms. The number of carbonyl (C=O) groups excluding carboxylic acids is 1. The number of nitrogens with one attached hydrogen (secondary N) is 2. The Morgan fingerprint density at radius 2 is 1.74 bits per heavy atom. The quantitative estimate of drug-likeness (QED) is 0.897. The molecule has 0 fully saturated rings. The summed E-state index contributed by atoms with van der Waals surface area (Å²) >= 11 is 0. The predicted molar refractivity (Wildman–Crippen MR) is 88.1 cm³/mol. The highest BCUT2D eigenvalue weighted by molar-refractivity contribution is 7.92. The molecule has 120 valence electrons. The first-order valence-corrected chi connectivity index (χ1v) is 8.93. The maximum absolute atomic E-state index is 12.2. The number of hydrogen-bond acceptors (Lipinski definition) is 4. The van der Waals surface area contributed by atoms with Crippen molar-refractivity contribution < 1.29 is 17.9 Å². The van der Waals surface area contributed by atoms with Gasteiger partial charge in [-0.1, -0.05) is 18.2 Å². The smallest absolute Gasteiger partial charge is 0.265 e. The van der Waals surface area contributed by atoms with Crippen LogP contribution in [0.5, 0.6) is 5.75 Å². The third kappa shape index (κ3) is 3.81. The van der Waals surface area contributed by atoms with Crippen molar-refractivity contribution in [3.05, 3.63) is 54.1 Å². The zero-order chi connectivity index (χ0) is 16.4. The molecule has 0 unspecified atom stereocenters. The molecule has 7 heteroatoms. The molecule has 23 heavy (non-hydrogen) atoms. The van der Waals surface area contributed by atoms with Gasteiger partial charge in [0.05, 0.1) is 6.26 Å². The van der Waals surface area contributed by atoms with Gasteiger partial charge in [0.25, 0.3) is 5.91 Å². The lowest BCUT2D eigenvalue weighted by Crippen LogP contribution is -2.31. The largest absolute Gasteiger partial charge is 0.480 e. The first kappa shape index (κ1) is 15.4. The fourth-order valence-corrected chi connectivity index (χ4v) is 2.95. The second kappa shape index (κ2) is 5.92. The van der Waals surface area contributed by atoms with Crippen LogP contribution < -0.4 is 14.8 Å². The lowest BCUT2D eigenvalue weighted by molar-refractivity contribution is -0.122. The van der Waals surface area contributed by atoms with Crippen LogP contribution in [0, 0.1) is 0 Å². The van der Waals surface area contributed by atoms with Gasteiger partial charge in [-0.05, 0) is 35.9 Å². The molecule has 0 saturated carbocycles. The summed E-state index contributed by atoms with van der Waals surface area (Å²) in [5.41, 5.74) is 2.03.